The molecule has 2 aromatic rings. The third kappa shape index (κ3) is 3.03. The summed E-state index contributed by atoms with van der Waals surface area (Å²) in [5.74, 6) is -0.136. The molecule has 1 heterocycles. The molecule has 0 radical (unpaired) electrons. The van der Waals surface area contributed by atoms with Crippen molar-refractivity contribution in [1.29, 1.82) is 0 Å². The molecule has 2 rings (SSSR count). The number of aromatic nitrogens is 1. The summed E-state index contributed by atoms with van der Waals surface area (Å²) in [6.07, 6.45) is 2.51. The number of anilines is 2. The van der Waals surface area contributed by atoms with Crippen molar-refractivity contribution in [1.82, 2.24) is 4.98 Å². The molecule has 1 aromatic carbocycles. The molecule has 0 fully saturated rings. The van der Waals surface area contributed by atoms with E-state index in [1.807, 2.05) is 24.3 Å². The molecule has 0 aliphatic rings. The second-order valence-electron chi connectivity index (χ2n) is 3.66. The van der Waals surface area contributed by atoms with E-state index >= 15 is 0 Å². The highest BCUT2D eigenvalue weighted by Gasteiger charge is 2.04. The van der Waals surface area contributed by atoms with Crippen LogP contribution in [0.25, 0.3) is 0 Å². The Bertz CT molecular complexity index is 529. The standard InChI is InChI=1S/C13H12BrFN2/c1-2-9-4-3-5-11(6-9)17-13-12(15)7-10(14)8-16-13/h3-8H,2H2,1H3,(H,16,17). The van der Waals surface area contributed by atoms with Crippen LogP contribution in [0.3, 0.4) is 0 Å². The fraction of sp³-hybridized carbons (Fsp3) is 0.154. The largest absolute Gasteiger partial charge is 0.338 e. The maximum absolute atomic E-state index is 13.6. The van der Waals surface area contributed by atoms with E-state index in [1.165, 1.54) is 11.6 Å². The Kier molecular flexibility index (Phi) is 3.74. The minimum Gasteiger partial charge on any atom is -0.338 e. The zero-order valence-electron chi connectivity index (χ0n) is 9.37. The molecule has 1 aromatic heterocycles. The van der Waals surface area contributed by atoms with E-state index in [-0.39, 0.29) is 11.6 Å². The zero-order chi connectivity index (χ0) is 12.3. The Morgan fingerprint density at radius 1 is 1.35 bits per heavy atom. The third-order valence-corrected chi connectivity index (χ3v) is 2.84. The van der Waals surface area contributed by atoms with E-state index in [0.29, 0.717) is 4.47 Å². The van der Waals surface area contributed by atoms with Gasteiger partial charge in [0.05, 0.1) is 0 Å². The van der Waals surface area contributed by atoms with Crippen LogP contribution in [-0.2, 0) is 6.42 Å². The molecule has 2 nitrogen and oxygen atoms in total. The van der Waals surface area contributed by atoms with Gasteiger partial charge in [0.25, 0.3) is 0 Å². The van der Waals surface area contributed by atoms with Gasteiger partial charge < -0.3 is 5.32 Å². The van der Waals surface area contributed by atoms with Crippen LogP contribution in [0.5, 0.6) is 0 Å². The van der Waals surface area contributed by atoms with Crippen molar-refractivity contribution < 1.29 is 4.39 Å². The van der Waals surface area contributed by atoms with Crippen molar-refractivity contribution in [3.8, 4) is 0 Å². The summed E-state index contributed by atoms with van der Waals surface area (Å²) >= 11 is 3.17. The van der Waals surface area contributed by atoms with Crippen LogP contribution in [0.15, 0.2) is 41.0 Å². The average Bonchev–Trinajstić information content (AvgIpc) is 2.33. The van der Waals surface area contributed by atoms with Gasteiger partial charge in [-0.1, -0.05) is 19.1 Å². The Morgan fingerprint density at radius 2 is 2.18 bits per heavy atom. The molecule has 88 valence electrons. The molecular formula is C13H12BrFN2. The first-order valence-corrected chi connectivity index (χ1v) is 6.15. The quantitative estimate of drug-likeness (QED) is 0.913. The summed E-state index contributed by atoms with van der Waals surface area (Å²) in [7, 11) is 0. The summed E-state index contributed by atoms with van der Waals surface area (Å²) < 4.78 is 14.2. The molecule has 0 saturated carbocycles. The Morgan fingerprint density at radius 3 is 2.88 bits per heavy atom. The highest BCUT2D eigenvalue weighted by Crippen LogP contribution is 2.21. The third-order valence-electron chi connectivity index (χ3n) is 2.41. The lowest BCUT2D eigenvalue weighted by molar-refractivity contribution is 0.625. The molecule has 0 atom stereocenters. The molecule has 17 heavy (non-hydrogen) atoms. The summed E-state index contributed by atoms with van der Waals surface area (Å²) in [6.45, 7) is 2.08. The van der Waals surface area contributed by atoms with E-state index in [9.17, 15) is 4.39 Å². The zero-order valence-corrected chi connectivity index (χ0v) is 11.0. The smallest absolute Gasteiger partial charge is 0.166 e. The van der Waals surface area contributed by atoms with Gasteiger partial charge in [-0.3, -0.25) is 0 Å². The first-order valence-electron chi connectivity index (χ1n) is 5.36. The Hall–Kier alpha value is -1.42. The minimum atomic E-state index is -0.374. The monoisotopic (exact) mass is 294 g/mol. The number of nitrogens with zero attached hydrogens (tertiary/aromatic N) is 1. The van der Waals surface area contributed by atoms with Crippen LogP contribution in [-0.4, -0.2) is 4.98 Å². The average molecular weight is 295 g/mol. The highest BCUT2D eigenvalue weighted by molar-refractivity contribution is 9.10. The highest BCUT2D eigenvalue weighted by atomic mass is 79.9. The SMILES string of the molecule is CCc1cccc(Nc2ncc(Br)cc2F)c1. The summed E-state index contributed by atoms with van der Waals surface area (Å²) in [5, 5.41) is 2.97. The van der Waals surface area contributed by atoms with Crippen molar-refractivity contribution in [3.63, 3.8) is 0 Å². The second kappa shape index (κ2) is 5.27. The van der Waals surface area contributed by atoms with E-state index in [1.54, 1.807) is 6.20 Å². The lowest BCUT2D eigenvalue weighted by atomic mass is 10.1. The Balaban J connectivity index is 2.25. The van der Waals surface area contributed by atoms with Gasteiger partial charge in [0, 0.05) is 16.4 Å². The number of nitrogens with one attached hydrogen (secondary N) is 1. The van der Waals surface area contributed by atoms with Crippen molar-refractivity contribution in [3.05, 3.63) is 52.4 Å². The molecular weight excluding hydrogens is 283 g/mol. The number of hydrogen-bond donors (Lipinski definition) is 1. The Labute approximate surface area is 108 Å². The maximum atomic E-state index is 13.6. The second-order valence-corrected chi connectivity index (χ2v) is 4.58. The van der Waals surface area contributed by atoms with E-state index < -0.39 is 0 Å². The molecule has 0 aliphatic carbocycles. The maximum Gasteiger partial charge on any atom is 0.166 e. The van der Waals surface area contributed by atoms with Crippen LogP contribution in [0, 0.1) is 5.82 Å². The van der Waals surface area contributed by atoms with E-state index in [2.05, 4.69) is 33.2 Å². The minimum absolute atomic E-state index is 0.237. The molecule has 0 saturated heterocycles. The summed E-state index contributed by atoms with van der Waals surface area (Å²) in [5.41, 5.74) is 2.05. The number of hydrogen-bond acceptors (Lipinski definition) is 2. The number of pyridine rings is 1. The molecule has 0 unspecified atom stereocenters. The number of rotatable bonds is 3. The molecule has 0 amide bonds. The summed E-state index contributed by atoms with van der Waals surface area (Å²) in [4.78, 5) is 4.00. The van der Waals surface area contributed by atoms with Crippen LogP contribution in [0.4, 0.5) is 15.9 Å². The molecule has 0 bridgehead atoms. The van der Waals surface area contributed by atoms with Gasteiger partial charge in [-0.15, -0.1) is 0 Å². The molecule has 0 spiro atoms. The van der Waals surface area contributed by atoms with Crippen LogP contribution in [0.2, 0.25) is 0 Å². The van der Waals surface area contributed by atoms with Crippen molar-refractivity contribution in [2.75, 3.05) is 5.32 Å². The van der Waals surface area contributed by atoms with Crippen molar-refractivity contribution in [2.24, 2.45) is 0 Å². The molecule has 0 aliphatic heterocycles. The normalized spacial score (nSPS) is 10.3. The lowest BCUT2D eigenvalue weighted by Crippen LogP contribution is -1.97. The predicted octanol–water partition coefficient (Wildman–Crippen LogP) is 4.29. The molecule has 1 N–H and O–H groups in total. The van der Waals surface area contributed by atoms with Crippen molar-refractivity contribution >= 4 is 27.4 Å². The van der Waals surface area contributed by atoms with Crippen LogP contribution in [0.1, 0.15) is 12.5 Å². The first-order chi connectivity index (χ1) is 8.19. The van der Waals surface area contributed by atoms with E-state index in [4.69, 9.17) is 0 Å². The van der Waals surface area contributed by atoms with Gasteiger partial charge in [-0.2, -0.15) is 0 Å². The van der Waals surface area contributed by atoms with Gasteiger partial charge in [0.15, 0.2) is 11.6 Å². The fourth-order valence-electron chi connectivity index (χ4n) is 1.51. The van der Waals surface area contributed by atoms with Crippen LogP contribution < -0.4 is 5.32 Å². The van der Waals surface area contributed by atoms with Gasteiger partial charge in [-0.25, -0.2) is 9.37 Å². The predicted molar refractivity (Wildman–Crippen MR) is 71.0 cm³/mol. The van der Waals surface area contributed by atoms with Crippen LogP contribution >= 0.6 is 15.9 Å². The number of aryl methyl sites for hydroxylation is 1. The van der Waals surface area contributed by atoms with Gasteiger partial charge >= 0.3 is 0 Å². The number of halogens is 2. The number of benzene rings is 1. The van der Waals surface area contributed by atoms with Gasteiger partial charge in [0.1, 0.15) is 0 Å². The van der Waals surface area contributed by atoms with E-state index in [0.717, 1.165) is 12.1 Å². The van der Waals surface area contributed by atoms with Gasteiger partial charge in [-0.05, 0) is 46.1 Å². The molecule has 4 heteroatoms. The van der Waals surface area contributed by atoms with Crippen molar-refractivity contribution in [2.45, 2.75) is 13.3 Å². The summed E-state index contributed by atoms with van der Waals surface area (Å²) in [6, 6.07) is 9.25. The first kappa shape index (κ1) is 12.0. The van der Waals surface area contributed by atoms with Gasteiger partial charge in [0.2, 0.25) is 0 Å². The lowest BCUT2D eigenvalue weighted by Gasteiger charge is -2.07. The topological polar surface area (TPSA) is 24.9 Å². The fourth-order valence-corrected chi connectivity index (χ4v) is 1.82.